The largest absolute Gasteiger partial charge is 0.346 e. The predicted octanol–water partition coefficient (Wildman–Crippen LogP) is 1.90. The van der Waals surface area contributed by atoms with Crippen molar-refractivity contribution in [2.45, 2.75) is 37.4 Å². The number of fused-ring (bicyclic) bond motifs is 3. The van der Waals surface area contributed by atoms with Gasteiger partial charge in [0.25, 0.3) is 5.91 Å². The maximum absolute atomic E-state index is 12.4. The summed E-state index contributed by atoms with van der Waals surface area (Å²) < 4.78 is 1.01. The predicted molar refractivity (Wildman–Crippen MR) is 83.4 cm³/mol. The van der Waals surface area contributed by atoms with Crippen LogP contribution in [0.15, 0.2) is 17.6 Å². The lowest BCUT2D eigenvalue weighted by Gasteiger charge is -2.21. The van der Waals surface area contributed by atoms with E-state index in [1.807, 2.05) is 5.38 Å². The van der Waals surface area contributed by atoms with Crippen LogP contribution in [0.1, 0.15) is 35.3 Å². The van der Waals surface area contributed by atoms with E-state index in [4.69, 9.17) is 6.42 Å². The minimum absolute atomic E-state index is 0.106. The number of thiophene rings is 1. The molecule has 2 fully saturated rings. The summed E-state index contributed by atoms with van der Waals surface area (Å²) in [5, 5.41) is 9.49. The summed E-state index contributed by atoms with van der Waals surface area (Å²) in [6, 6.07) is 3.02. The Morgan fingerprint density at radius 2 is 2.43 bits per heavy atom. The van der Waals surface area contributed by atoms with Crippen molar-refractivity contribution in [3.05, 3.63) is 28.9 Å². The van der Waals surface area contributed by atoms with Crippen molar-refractivity contribution < 1.29 is 4.79 Å². The first-order chi connectivity index (χ1) is 10.2. The lowest BCUT2D eigenvalue weighted by Crippen LogP contribution is -2.43. The third-order valence-electron chi connectivity index (χ3n) is 4.47. The van der Waals surface area contributed by atoms with Crippen molar-refractivity contribution in [3.63, 3.8) is 0 Å². The number of nitrogens with one attached hydrogen (secondary N) is 2. The summed E-state index contributed by atoms with van der Waals surface area (Å²) in [6.45, 7) is 0. The lowest BCUT2D eigenvalue weighted by molar-refractivity contribution is 0.0926. The number of hydrogen-bond donors (Lipinski definition) is 2. The minimum atomic E-state index is -0.106. The molecule has 4 heterocycles. The van der Waals surface area contributed by atoms with Crippen LogP contribution in [0.5, 0.6) is 0 Å². The van der Waals surface area contributed by atoms with Crippen LogP contribution >= 0.6 is 11.3 Å². The Morgan fingerprint density at radius 3 is 3.14 bits per heavy atom. The monoisotopic (exact) mass is 297 g/mol. The Morgan fingerprint density at radius 1 is 1.52 bits per heavy atom. The molecule has 0 spiro atoms. The first kappa shape index (κ1) is 12.8. The van der Waals surface area contributed by atoms with Crippen LogP contribution in [-0.4, -0.2) is 29.0 Å². The highest BCUT2D eigenvalue weighted by Crippen LogP contribution is 2.29. The van der Waals surface area contributed by atoms with Gasteiger partial charge in [0.05, 0.1) is 4.70 Å². The number of nitrogens with zero attached hydrogens (tertiary/aromatic N) is 1. The molecule has 106 valence electrons. The van der Waals surface area contributed by atoms with Crippen molar-refractivity contribution in [2.24, 2.45) is 0 Å². The SMILES string of the molecule is C#Cc1csc2cnc(C(=O)N[C@@H]3C[C@H]4CC[C@@H]3N4)cc12. The van der Waals surface area contributed by atoms with Crippen molar-refractivity contribution in [3.8, 4) is 12.3 Å². The fourth-order valence-electron chi connectivity index (χ4n) is 3.40. The molecule has 2 aliphatic rings. The number of hydrogen-bond acceptors (Lipinski definition) is 4. The summed E-state index contributed by atoms with van der Waals surface area (Å²) in [4.78, 5) is 16.7. The van der Waals surface area contributed by atoms with Crippen LogP contribution in [0.3, 0.4) is 0 Å². The Bertz CT molecular complexity index is 760. The molecule has 2 N–H and O–H groups in total. The fourth-order valence-corrected chi connectivity index (χ4v) is 4.24. The van der Waals surface area contributed by atoms with E-state index in [9.17, 15) is 4.79 Å². The average molecular weight is 297 g/mol. The smallest absolute Gasteiger partial charge is 0.270 e. The molecule has 2 aromatic heterocycles. The maximum atomic E-state index is 12.4. The van der Waals surface area contributed by atoms with E-state index in [1.165, 1.54) is 6.42 Å². The summed E-state index contributed by atoms with van der Waals surface area (Å²) >= 11 is 1.55. The second-order valence-electron chi connectivity index (χ2n) is 5.72. The fraction of sp³-hybridized carbons (Fsp3) is 0.375. The van der Waals surface area contributed by atoms with Gasteiger partial charge in [-0.3, -0.25) is 4.79 Å². The number of carbonyl (C=O) groups is 1. The molecule has 0 radical (unpaired) electrons. The molecule has 2 aromatic rings. The van der Waals surface area contributed by atoms with Crippen molar-refractivity contribution in [1.82, 2.24) is 15.6 Å². The zero-order chi connectivity index (χ0) is 14.4. The zero-order valence-corrected chi connectivity index (χ0v) is 12.2. The zero-order valence-electron chi connectivity index (χ0n) is 11.4. The molecule has 3 atom stereocenters. The van der Waals surface area contributed by atoms with E-state index in [1.54, 1.807) is 23.6 Å². The molecule has 0 aliphatic carbocycles. The molecule has 5 heteroatoms. The van der Waals surface area contributed by atoms with E-state index in [-0.39, 0.29) is 11.9 Å². The first-order valence-corrected chi connectivity index (χ1v) is 8.03. The third-order valence-corrected chi connectivity index (χ3v) is 5.40. The Balaban J connectivity index is 1.58. The average Bonchev–Trinajstić information content (AvgIpc) is 3.21. The van der Waals surface area contributed by atoms with Gasteiger partial charge >= 0.3 is 0 Å². The van der Waals surface area contributed by atoms with Gasteiger partial charge in [-0.2, -0.15) is 0 Å². The number of carbonyl (C=O) groups excluding carboxylic acids is 1. The second-order valence-corrected chi connectivity index (χ2v) is 6.63. The van der Waals surface area contributed by atoms with Gasteiger partial charge < -0.3 is 10.6 Å². The van der Waals surface area contributed by atoms with Crippen LogP contribution in [0.4, 0.5) is 0 Å². The van der Waals surface area contributed by atoms with E-state index in [0.29, 0.717) is 17.8 Å². The van der Waals surface area contributed by atoms with Crippen molar-refractivity contribution in [1.29, 1.82) is 0 Å². The highest BCUT2D eigenvalue weighted by atomic mass is 32.1. The first-order valence-electron chi connectivity index (χ1n) is 7.15. The van der Waals surface area contributed by atoms with E-state index < -0.39 is 0 Å². The molecule has 2 bridgehead atoms. The summed E-state index contributed by atoms with van der Waals surface area (Å²) in [5.74, 6) is 2.55. The third kappa shape index (κ3) is 2.11. The molecule has 2 aliphatic heterocycles. The second kappa shape index (κ2) is 4.83. The van der Waals surface area contributed by atoms with Gasteiger partial charge in [0.1, 0.15) is 5.69 Å². The molecule has 0 unspecified atom stereocenters. The summed E-state index contributed by atoms with van der Waals surface area (Å²) in [7, 11) is 0. The number of rotatable bonds is 2. The molecular weight excluding hydrogens is 282 g/mol. The standard InChI is InChI=1S/C16H15N3OS/c1-2-9-8-21-15-7-17-14(6-11(9)15)16(20)19-13-5-10-3-4-12(13)18-10/h1,6-8,10,12-13,18H,3-5H2,(H,19,20)/t10-,12+,13-/m1/s1. The van der Waals surface area contributed by atoms with Crippen molar-refractivity contribution in [2.75, 3.05) is 0 Å². The Hall–Kier alpha value is -1.90. The van der Waals surface area contributed by atoms with Gasteiger partial charge in [-0.25, -0.2) is 4.98 Å². The molecule has 1 amide bonds. The molecule has 2 saturated heterocycles. The van der Waals surface area contributed by atoms with E-state index >= 15 is 0 Å². The molecule has 21 heavy (non-hydrogen) atoms. The van der Waals surface area contributed by atoms with Gasteiger partial charge in [0, 0.05) is 40.7 Å². The number of amides is 1. The molecule has 0 saturated carbocycles. The minimum Gasteiger partial charge on any atom is -0.346 e. The summed E-state index contributed by atoms with van der Waals surface area (Å²) in [5.41, 5.74) is 1.27. The molecule has 0 aromatic carbocycles. The van der Waals surface area contributed by atoms with Crippen LogP contribution in [0, 0.1) is 12.3 Å². The van der Waals surface area contributed by atoms with Crippen LogP contribution in [0.25, 0.3) is 10.1 Å². The van der Waals surface area contributed by atoms with Crippen molar-refractivity contribution >= 4 is 27.3 Å². The van der Waals surface area contributed by atoms with Crippen LogP contribution < -0.4 is 10.6 Å². The van der Waals surface area contributed by atoms with Gasteiger partial charge in [0.15, 0.2) is 0 Å². The van der Waals surface area contributed by atoms with Gasteiger partial charge in [-0.15, -0.1) is 17.8 Å². The van der Waals surface area contributed by atoms with Gasteiger partial charge in [0.2, 0.25) is 0 Å². The number of aromatic nitrogens is 1. The highest BCUT2D eigenvalue weighted by Gasteiger charge is 2.39. The molecule has 4 rings (SSSR count). The quantitative estimate of drug-likeness (QED) is 0.833. The summed E-state index contributed by atoms with van der Waals surface area (Å²) in [6.07, 6.45) is 10.6. The van der Waals surface area contributed by atoms with Crippen LogP contribution in [-0.2, 0) is 0 Å². The Labute approximate surface area is 127 Å². The van der Waals surface area contributed by atoms with E-state index in [2.05, 4.69) is 21.5 Å². The Kier molecular flexibility index (Phi) is 2.95. The topological polar surface area (TPSA) is 54.0 Å². The maximum Gasteiger partial charge on any atom is 0.270 e. The van der Waals surface area contributed by atoms with E-state index in [0.717, 1.165) is 28.5 Å². The number of terminal acetylenes is 1. The highest BCUT2D eigenvalue weighted by molar-refractivity contribution is 7.17. The molecular formula is C16H15N3OS. The normalized spacial score (nSPS) is 26.9. The number of pyridine rings is 1. The molecule has 4 nitrogen and oxygen atoms in total. The van der Waals surface area contributed by atoms with Gasteiger partial charge in [-0.05, 0) is 25.3 Å². The lowest BCUT2D eigenvalue weighted by atomic mass is 9.95. The van der Waals surface area contributed by atoms with Crippen LogP contribution in [0.2, 0.25) is 0 Å². The van der Waals surface area contributed by atoms with Gasteiger partial charge in [-0.1, -0.05) is 5.92 Å².